The zero-order valence-electron chi connectivity index (χ0n) is 13.4. The molecule has 1 saturated heterocycles. The number of carboxylic acid groups (broad SMARTS) is 1. The largest absolute Gasteiger partial charge is 0.481 e. The first-order valence-electron chi connectivity index (χ1n) is 7.84. The standard InChI is InChI=1S/C18H18F3NO2.ClH/c19-18(20,21)16-11-22(10-15(16)17(23)24)8-7-12-5-6-13-3-1-2-4-14(13)9-12;/h1-6,9,15-16H,7-8,10-11H2,(H,23,24);1H/t15-,16-;/m1./s1. The lowest BCUT2D eigenvalue weighted by Gasteiger charge is -2.18. The highest BCUT2D eigenvalue weighted by Gasteiger charge is 2.52. The maximum absolute atomic E-state index is 13.0. The van der Waals surface area contributed by atoms with Gasteiger partial charge in [0.25, 0.3) is 0 Å². The van der Waals surface area contributed by atoms with E-state index in [4.69, 9.17) is 5.11 Å². The molecule has 2 aromatic carbocycles. The predicted octanol–water partition coefficient (Wildman–Crippen LogP) is 4.00. The van der Waals surface area contributed by atoms with Gasteiger partial charge in [0.1, 0.15) is 0 Å². The summed E-state index contributed by atoms with van der Waals surface area (Å²) in [4.78, 5) is 12.7. The van der Waals surface area contributed by atoms with E-state index in [2.05, 4.69) is 0 Å². The number of nitrogens with zero attached hydrogens (tertiary/aromatic N) is 1. The van der Waals surface area contributed by atoms with Crippen molar-refractivity contribution in [2.45, 2.75) is 12.6 Å². The molecule has 2 aromatic rings. The van der Waals surface area contributed by atoms with Crippen LogP contribution in [0.25, 0.3) is 10.8 Å². The van der Waals surface area contributed by atoms with Gasteiger partial charge in [0, 0.05) is 19.6 Å². The summed E-state index contributed by atoms with van der Waals surface area (Å²) in [6, 6.07) is 13.9. The zero-order chi connectivity index (χ0) is 17.3. The van der Waals surface area contributed by atoms with Gasteiger partial charge in [0.15, 0.2) is 0 Å². The number of carboxylic acids is 1. The van der Waals surface area contributed by atoms with E-state index < -0.39 is 24.0 Å². The van der Waals surface area contributed by atoms with Crippen LogP contribution in [-0.4, -0.2) is 41.8 Å². The lowest BCUT2D eigenvalue weighted by Crippen LogP contribution is -2.33. The summed E-state index contributed by atoms with van der Waals surface area (Å²) in [6.45, 7) is 0.135. The summed E-state index contributed by atoms with van der Waals surface area (Å²) in [6.07, 6.45) is -3.87. The van der Waals surface area contributed by atoms with E-state index >= 15 is 0 Å². The van der Waals surface area contributed by atoms with Crippen LogP contribution in [0.3, 0.4) is 0 Å². The summed E-state index contributed by atoms with van der Waals surface area (Å²) in [5, 5.41) is 11.2. The Hall–Kier alpha value is -1.79. The van der Waals surface area contributed by atoms with Gasteiger partial charge in [-0.3, -0.25) is 4.79 Å². The molecule has 3 nitrogen and oxygen atoms in total. The summed E-state index contributed by atoms with van der Waals surface area (Å²) in [5.41, 5.74) is 1.04. The molecule has 0 amide bonds. The molecule has 3 rings (SSSR count). The fraction of sp³-hybridized carbons (Fsp3) is 0.389. The molecule has 2 atom stereocenters. The molecular weight excluding hydrogens is 355 g/mol. The van der Waals surface area contributed by atoms with Crippen molar-refractivity contribution >= 4 is 29.1 Å². The highest BCUT2D eigenvalue weighted by atomic mass is 35.5. The van der Waals surface area contributed by atoms with Crippen LogP contribution in [0.4, 0.5) is 13.2 Å². The summed E-state index contributed by atoms with van der Waals surface area (Å²) >= 11 is 0. The molecule has 7 heteroatoms. The average Bonchev–Trinajstić information content (AvgIpc) is 2.97. The van der Waals surface area contributed by atoms with E-state index in [1.54, 1.807) is 4.90 Å². The second-order valence-electron chi connectivity index (χ2n) is 6.28. The first-order chi connectivity index (χ1) is 11.3. The summed E-state index contributed by atoms with van der Waals surface area (Å²) < 4.78 is 39.0. The van der Waals surface area contributed by atoms with Crippen LogP contribution in [0.5, 0.6) is 0 Å². The van der Waals surface area contributed by atoms with E-state index in [9.17, 15) is 18.0 Å². The Labute approximate surface area is 149 Å². The average molecular weight is 374 g/mol. The van der Waals surface area contributed by atoms with E-state index in [-0.39, 0.29) is 25.5 Å². The van der Waals surface area contributed by atoms with E-state index in [0.29, 0.717) is 13.0 Å². The van der Waals surface area contributed by atoms with Crippen molar-refractivity contribution in [3.05, 3.63) is 48.0 Å². The maximum atomic E-state index is 13.0. The molecule has 0 spiro atoms. The minimum atomic E-state index is -4.47. The minimum absolute atomic E-state index is 0. The minimum Gasteiger partial charge on any atom is -0.481 e. The summed E-state index contributed by atoms with van der Waals surface area (Å²) in [5.74, 6) is -4.53. The van der Waals surface area contributed by atoms with Crippen LogP contribution in [0.15, 0.2) is 42.5 Å². The number of likely N-dealkylation sites (tertiary alicyclic amines) is 1. The molecule has 1 fully saturated rings. The monoisotopic (exact) mass is 373 g/mol. The lowest BCUT2D eigenvalue weighted by molar-refractivity contribution is -0.188. The topological polar surface area (TPSA) is 40.5 Å². The number of alkyl halides is 3. The van der Waals surface area contributed by atoms with Crippen LogP contribution in [-0.2, 0) is 11.2 Å². The van der Waals surface area contributed by atoms with Gasteiger partial charge >= 0.3 is 12.1 Å². The van der Waals surface area contributed by atoms with Crippen LogP contribution in [0.2, 0.25) is 0 Å². The number of benzene rings is 2. The van der Waals surface area contributed by atoms with Crippen LogP contribution >= 0.6 is 12.4 Å². The Balaban J connectivity index is 0.00000225. The van der Waals surface area contributed by atoms with Crippen molar-refractivity contribution in [3.8, 4) is 0 Å². The Kier molecular flexibility index (Phi) is 5.95. The molecule has 1 heterocycles. The second kappa shape index (κ2) is 7.62. The Morgan fingerprint density at radius 2 is 1.80 bits per heavy atom. The first-order valence-corrected chi connectivity index (χ1v) is 7.84. The lowest BCUT2D eigenvalue weighted by atomic mass is 9.96. The smallest absolute Gasteiger partial charge is 0.393 e. The van der Waals surface area contributed by atoms with Crippen molar-refractivity contribution in [2.24, 2.45) is 11.8 Å². The van der Waals surface area contributed by atoms with Crippen molar-refractivity contribution in [2.75, 3.05) is 19.6 Å². The fourth-order valence-corrected chi connectivity index (χ4v) is 3.33. The molecule has 1 aliphatic rings. The maximum Gasteiger partial charge on any atom is 0.393 e. The number of hydrogen-bond acceptors (Lipinski definition) is 2. The van der Waals surface area contributed by atoms with Crippen molar-refractivity contribution in [1.82, 2.24) is 4.90 Å². The molecular formula is C18H19ClF3NO2. The van der Waals surface area contributed by atoms with Gasteiger partial charge in [0.05, 0.1) is 11.8 Å². The molecule has 0 aliphatic carbocycles. The van der Waals surface area contributed by atoms with Crippen LogP contribution in [0.1, 0.15) is 5.56 Å². The van der Waals surface area contributed by atoms with Crippen LogP contribution < -0.4 is 0 Å². The Morgan fingerprint density at radius 1 is 1.12 bits per heavy atom. The second-order valence-corrected chi connectivity index (χ2v) is 6.28. The molecule has 0 unspecified atom stereocenters. The van der Waals surface area contributed by atoms with Gasteiger partial charge < -0.3 is 10.0 Å². The van der Waals surface area contributed by atoms with Gasteiger partial charge in [-0.1, -0.05) is 42.5 Å². The number of halogens is 4. The fourth-order valence-electron chi connectivity index (χ4n) is 3.33. The third-order valence-corrected chi connectivity index (χ3v) is 4.66. The zero-order valence-corrected chi connectivity index (χ0v) is 14.2. The quantitative estimate of drug-likeness (QED) is 0.880. The molecule has 25 heavy (non-hydrogen) atoms. The van der Waals surface area contributed by atoms with Gasteiger partial charge in [-0.05, 0) is 22.8 Å². The number of fused-ring (bicyclic) bond motifs is 1. The van der Waals surface area contributed by atoms with Gasteiger partial charge in [-0.15, -0.1) is 12.4 Å². The normalized spacial score (nSPS) is 21.2. The Morgan fingerprint density at radius 3 is 2.40 bits per heavy atom. The van der Waals surface area contributed by atoms with E-state index in [1.165, 1.54) is 0 Å². The molecule has 0 radical (unpaired) electrons. The summed E-state index contributed by atoms with van der Waals surface area (Å²) in [7, 11) is 0. The van der Waals surface area contributed by atoms with Crippen molar-refractivity contribution in [3.63, 3.8) is 0 Å². The molecule has 0 bridgehead atoms. The highest BCUT2D eigenvalue weighted by Crippen LogP contribution is 2.37. The molecule has 0 saturated carbocycles. The first kappa shape index (κ1) is 19.5. The molecule has 136 valence electrons. The number of aliphatic carboxylic acids is 1. The number of carbonyl (C=O) groups is 1. The number of hydrogen-bond donors (Lipinski definition) is 1. The number of rotatable bonds is 4. The van der Waals surface area contributed by atoms with Gasteiger partial charge in [0.2, 0.25) is 0 Å². The van der Waals surface area contributed by atoms with Crippen LogP contribution in [0, 0.1) is 11.8 Å². The Bertz CT molecular complexity index is 750. The third-order valence-electron chi connectivity index (χ3n) is 4.66. The van der Waals surface area contributed by atoms with Crippen molar-refractivity contribution in [1.29, 1.82) is 0 Å². The predicted molar refractivity (Wildman–Crippen MR) is 92.0 cm³/mol. The van der Waals surface area contributed by atoms with Gasteiger partial charge in [-0.25, -0.2) is 0 Å². The third kappa shape index (κ3) is 4.44. The van der Waals surface area contributed by atoms with E-state index in [0.717, 1.165) is 16.3 Å². The molecule has 1 aliphatic heterocycles. The SMILES string of the molecule is Cl.O=C(O)[C@@H]1CN(CCc2ccc3ccccc3c2)C[C@H]1C(F)(F)F. The van der Waals surface area contributed by atoms with E-state index in [1.807, 2.05) is 42.5 Å². The molecule has 1 N–H and O–H groups in total. The van der Waals surface area contributed by atoms with Gasteiger partial charge in [-0.2, -0.15) is 13.2 Å². The molecule has 0 aromatic heterocycles. The van der Waals surface area contributed by atoms with Crippen molar-refractivity contribution < 1.29 is 23.1 Å². The highest BCUT2D eigenvalue weighted by molar-refractivity contribution is 5.85.